The molecule has 2 N–H and O–H groups in total. The van der Waals surface area contributed by atoms with E-state index in [4.69, 9.17) is 0 Å². The fourth-order valence-electron chi connectivity index (χ4n) is 5.37. The first-order valence-corrected chi connectivity index (χ1v) is 10.7. The van der Waals surface area contributed by atoms with E-state index in [1.54, 1.807) is 0 Å². The number of aryl methyl sites for hydroxylation is 2. The first-order valence-electron chi connectivity index (χ1n) is 10.7. The van der Waals surface area contributed by atoms with E-state index in [0.717, 1.165) is 34.4 Å². The van der Waals surface area contributed by atoms with Crippen LogP contribution in [0, 0.1) is 11.3 Å². The summed E-state index contributed by atoms with van der Waals surface area (Å²) in [5.74, 6) is 1.66. The fraction of sp³-hybridized carbons (Fsp3) is 0.524. The summed E-state index contributed by atoms with van der Waals surface area (Å²) in [6, 6.07) is 6.20. The molecule has 0 atom stereocenters. The van der Waals surface area contributed by atoms with Crippen molar-refractivity contribution in [1.82, 2.24) is 30.5 Å². The van der Waals surface area contributed by atoms with Gasteiger partial charge in [0.25, 0.3) is 5.91 Å². The number of benzene rings is 1. The van der Waals surface area contributed by atoms with E-state index in [0.29, 0.717) is 24.2 Å². The molecule has 3 aliphatic rings. The highest BCUT2D eigenvalue weighted by atomic mass is 16.1. The van der Waals surface area contributed by atoms with Crippen LogP contribution >= 0.6 is 0 Å². The molecular weight excluding hydrogens is 363 g/mol. The molecule has 3 aromatic rings. The number of aromatic nitrogens is 5. The first kappa shape index (κ1) is 18.4. The minimum atomic E-state index is 0.0460. The molecule has 6 rings (SSSR count). The Morgan fingerprint density at radius 3 is 2.79 bits per heavy atom. The lowest BCUT2D eigenvalue weighted by atomic mass is 9.61. The highest BCUT2D eigenvalue weighted by Gasteiger charge is 2.40. The molecule has 7 nitrogen and oxygen atoms in total. The Morgan fingerprint density at radius 2 is 2.07 bits per heavy atom. The van der Waals surface area contributed by atoms with Crippen LogP contribution in [0.1, 0.15) is 54.7 Å². The average molecular weight is 390 g/mol. The summed E-state index contributed by atoms with van der Waals surface area (Å²) in [6.45, 7) is 1.51. The van der Waals surface area contributed by atoms with Crippen LogP contribution in [0.3, 0.4) is 0 Å². The maximum absolute atomic E-state index is 13.2. The molecule has 3 aliphatic carbocycles. The lowest BCUT2D eigenvalue weighted by Crippen LogP contribution is -2.43. The normalized spacial score (nSPS) is 23.5. The molecular formula is C21H27BN6O. The summed E-state index contributed by atoms with van der Waals surface area (Å²) < 4.78 is 2.14. The molecule has 2 bridgehead atoms. The largest absolute Gasteiger partial charge is 0.351 e. The van der Waals surface area contributed by atoms with Gasteiger partial charge in [0.05, 0.1) is 5.56 Å². The third kappa shape index (κ3) is 3.45. The summed E-state index contributed by atoms with van der Waals surface area (Å²) in [6.07, 6.45) is 10.5. The van der Waals surface area contributed by atoms with Gasteiger partial charge in [-0.15, -0.1) is 10.2 Å². The van der Waals surface area contributed by atoms with Gasteiger partial charge in [-0.25, -0.2) is 0 Å². The highest BCUT2D eigenvalue weighted by Crippen LogP contribution is 2.49. The molecule has 2 aromatic heterocycles. The minimum Gasteiger partial charge on any atom is -0.351 e. The molecule has 8 heteroatoms. The first-order chi connectivity index (χ1) is 14.1. The number of aromatic amines is 1. The van der Waals surface area contributed by atoms with Crippen LogP contribution in [0.15, 0.2) is 24.4 Å². The van der Waals surface area contributed by atoms with Crippen LogP contribution in [0.4, 0.5) is 0 Å². The second-order valence-electron chi connectivity index (χ2n) is 8.95. The lowest BCUT2D eigenvalue weighted by molar-refractivity contribution is 0.0598. The molecule has 2 heterocycles. The van der Waals surface area contributed by atoms with Gasteiger partial charge in [-0.2, -0.15) is 5.21 Å². The summed E-state index contributed by atoms with van der Waals surface area (Å²) in [5.41, 5.74) is 3.31. The monoisotopic (exact) mass is 390 g/mol. The molecule has 3 fully saturated rings. The van der Waals surface area contributed by atoms with Gasteiger partial charge in [0.15, 0.2) is 5.82 Å². The van der Waals surface area contributed by atoms with Gasteiger partial charge in [-0.1, -0.05) is 22.8 Å². The van der Waals surface area contributed by atoms with Crippen LogP contribution in [-0.4, -0.2) is 45.5 Å². The van der Waals surface area contributed by atoms with Gasteiger partial charge in [0.2, 0.25) is 0 Å². The Balaban J connectivity index is 1.37. The van der Waals surface area contributed by atoms with E-state index in [2.05, 4.69) is 50.5 Å². The van der Waals surface area contributed by atoms with Crippen molar-refractivity contribution in [3.63, 3.8) is 0 Å². The van der Waals surface area contributed by atoms with E-state index in [1.165, 1.54) is 38.5 Å². The van der Waals surface area contributed by atoms with Crippen LogP contribution in [0.5, 0.6) is 0 Å². The van der Waals surface area contributed by atoms with Crippen molar-refractivity contribution in [3.8, 4) is 0 Å². The SMILES string of the molecule is Bc1cccc2c1c(C(=O)NCC13CCC(CC1)CC3)cn2CCc1nn[nH]n1. The van der Waals surface area contributed by atoms with Crippen molar-refractivity contribution >= 4 is 30.1 Å². The van der Waals surface area contributed by atoms with Crippen LogP contribution in [-0.2, 0) is 13.0 Å². The van der Waals surface area contributed by atoms with Crippen molar-refractivity contribution < 1.29 is 4.79 Å². The molecule has 3 saturated carbocycles. The number of nitrogens with one attached hydrogen (secondary N) is 2. The summed E-state index contributed by atoms with van der Waals surface area (Å²) in [4.78, 5) is 13.2. The molecule has 29 heavy (non-hydrogen) atoms. The fourth-order valence-corrected chi connectivity index (χ4v) is 5.37. The van der Waals surface area contributed by atoms with Crippen molar-refractivity contribution in [1.29, 1.82) is 0 Å². The van der Waals surface area contributed by atoms with Crippen molar-refractivity contribution in [2.45, 2.75) is 51.5 Å². The zero-order valence-corrected chi connectivity index (χ0v) is 16.9. The van der Waals surface area contributed by atoms with Gasteiger partial charge < -0.3 is 9.88 Å². The highest BCUT2D eigenvalue weighted by molar-refractivity contribution is 6.40. The molecule has 1 amide bonds. The Kier molecular flexibility index (Phi) is 4.64. The quantitative estimate of drug-likeness (QED) is 0.622. The van der Waals surface area contributed by atoms with Crippen molar-refractivity contribution in [2.75, 3.05) is 6.54 Å². The van der Waals surface area contributed by atoms with Gasteiger partial charge in [0, 0.05) is 36.6 Å². The third-order valence-corrected chi connectivity index (χ3v) is 7.20. The second-order valence-corrected chi connectivity index (χ2v) is 8.95. The average Bonchev–Trinajstić information content (AvgIpc) is 3.40. The summed E-state index contributed by atoms with van der Waals surface area (Å²) in [7, 11) is 2.07. The van der Waals surface area contributed by atoms with E-state index in [9.17, 15) is 4.79 Å². The van der Waals surface area contributed by atoms with Crippen LogP contribution in [0.2, 0.25) is 0 Å². The van der Waals surface area contributed by atoms with Gasteiger partial charge >= 0.3 is 0 Å². The Morgan fingerprint density at radius 1 is 1.28 bits per heavy atom. The smallest absolute Gasteiger partial charge is 0.253 e. The number of tetrazole rings is 1. The van der Waals surface area contributed by atoms with Gasteiger partial charge in [0.1, 0.15) is 7.85 Å². The van der Waals surface area contributed by atoms with Gasteiger partial charge in [-0.05, 0) is 55.9 Å². The standard InChI is InChI=1S/C21H27BN6O/c22-16-2-1-3-17-19(16)15(12-28(17)11-7-18-24-26-27-25-18)20(29)23-13-21-8-4-14(5-9-21)6-10-21/h1-3,12,14H,4-11,13,22H2,(H,23,29)(H,24,25,26,27). The number of rotatable bonds is 6. The van der Waals surface area contributed by atoms with Crippen molar-refractivity contribution in [3.05, 3.63) is 35.8 Å². The maximum atomic E-state index is 13.2. The number of carbonyl (C=O) groups excluding carboxylic acids is 1. The number of nitrogens with zero attached hydrogens (tertiary/aromatic N) is 4. The van der Waals surface area contributed by atoms with Crippen LogP contribution in [0.25, 0.3) is 10.9 Å². The zero-order valence-electron chi connectivity index (χ0n) is 16.9. The second kappa shape index (κ2) is 7.32. The molecule has 1 aromatic carbocycles. The minimum absolute atomic E-state index is 0.0460. The van der Waals surface area contributed by atoms with E-state index in [1.807, 2.05) is 12.3 Å². The van der Waals surface area contributed by atoms with E-state index >= 15 is 0 Å². The molecule has 0 radical (unpaired) electrons. The molecule has 0 spiro atoms. The van der Waals surface area contributed by atoms with Gasteiger partial charge in [-0.3, -0.25) is 4.79 Å². The maximum Gasteiger partial charge on any atom is 0.253 e. The summed E-state index contributed by atoms with van der Waals surface area (Å²) >= 11 is 0. The molecule has 0 unspecified atom stereocenters. The summed E-state index contributed by atoms with van der Waals surface area (Å²) in [5, 5.41) is 18.5. The number of hydrogen-bond donors (Lipinski definition) is 2. The number of H-pyrrole nitrogens is 1. The topological polar surface area (TPSA) is 88.5 Å². The number of hydrogen-bond acceptors (Lipinski definition) is 4. The third-order valence-electron chi connectivity index (χ3n) is 7.20. The zero-order chi connectivity index (χ0) is 19.8. The number of amides is 1. The lowest BCUT2D eigenvalue weighted by Gasteiger charge is -2.46. The molecule has 150 valence electrons. The molecule has 0 saturated heterocycles. The van der Waals surface area contributed by atoms with Crippen LogP contribution < -0.4 is 10.8 Å². The van der Waals surface area contributed by atoms with E-state index < -0.39 is 0 Å². The number of fused-ring (bicyclic) bond motifs is 4. The predicted octanol–water partition coefficient (Wildman–Crippen LogP) is 1.36. The predicted molar refractivity (Wildman–Crippen MR) is 114 cm³/mol. The Bertz CT molecular complexity index is 1010. The van der Waals surface area contributed by atoms with Crippen molar-refractivity contribution in [2.24, 2.45) is 11.3 Å². The Labute approximate surface area is 171 Å². The Hall–Kier alpha value is -2.64. The van der Waals surface area contributed by atoms with E-state index in [-0.39, 0.29) is 5.91 Å². The number of carbonyl (C=O) groups is 1. The molecule has 0 aliphatic heterocycles.